The van der Waals surface area contributed by atoms with Gasteiger partial charge in [-0.2, -0.15) is 0 Å². The second-order valence-electron chi connectivity index (χ2n) is 44.1. The van der Waals surface area contributed by atoms with Gasteiger partial charge in [0, 0.05) is 18.8 Å². The van der Waals surface area contributed by atoms with Gasteiger partial charge in [-0.1, -0.05) is 84.4 Å². The number of aliphatic hydroxyl groups excluding tert-OH is 23. The normalized spacial score (nSPS) is 47.7. The quantitative estimate of drug-likeness (QED) is 0.00924. The van der Waals surface area contributed by atoms with Crippen LogP contribution < -0.4 is 5.32 Å². The number of hydrogen-bond acceptors (Lipinski definition) is 46. The third kappa shape index (κ3) is 23.0. The number of hydrogen-bond donors (Lipinski definition) is 25. The van der Waals surface area contributed by atoms with E-state index in [-0.39, 0.29) is 61.5 Å². The molecule has 0 aromatic rings. The predicted octanol–water partition coefficient (Wildman–Crippen LogP) is -5.92. The summed E-state index contributed by atoms with van der Waals surface area (Å²) in [6.07, 6.45) is -60.8. The average Bonchev–Trinajstić information content (AvgIpc) is 1.17. The Morgan fingerprint density at radius 1 is 0.476 bits per heavy atom. The first kappa shape index (κ1) is 117. The third-order valence-corrected chi connectivity index (χ3v) is 34.0. The summed E-state index contributed by atoms with van der Waals surface area (Å²) in [6.45, 7) is 24.4. The highest BCUT2D eigenvalue weighted by atomic mass is 16.8. The highest BCUT2D eigenvalue weighted by Gasteiger charge is 2.74. The standard InChI is InChI=1S/C98H155NO46/c1-16-93(11,127)26-18-20-45(34-101)81(125)139-76-60(109)41(4)130-87(73(76)122)145-94(12,17-2)27-19-21-44(33-100)80(124)137-57-32-98(90(126)144-89-79(69(118)63(112)50(36-103)135-89)143-86-74(123)77(141-85-72(121)67(116)62(111)49(35-102)133-85)75(42(5)132-86)140-84-71(120)64(113)51(37-104)134-84)47(30-91(57,7)8)46-22-23-54-95(13)28-25-56(92(9,10)53(95)24-29-96(54,14)97(46,15)31-55(98)107)138-82-58(99-43(6)105)66(115)65(114)52(136-82)39-129-88-78(68(117)59(108)40(3)131-88)142-83-70(119)61(110)48(106)38-128-83/h16-17,20-22,40-42,47-79,82-89,100-104,106-123,127H,1-2,18-19,23-39H2,3-15H3,(H,99,105)/b44-21+,45-20+/t40-,41-,42+,47-,48-,49-,50-,51+,52-,53+,54-,55-,56+,57+,58-,59+,60-,61+,62-,63-,64+,65-,66-,67+,68+,69+,70-,71-,72-,73-,74-,75+,76+,77+,78-,79-,82+,83+,84+,85+,86+,87+,88-,89+,93-,94-,95+,96-,97-,98-/m1/s1. The summed E-state index contributed by atoms with van der Waals surface area (Å²) in [5.41, 5.74) is -9.27. The van der Waals surface area contributed by atoms with Crippen LogP contribution in [0, 0.1) is 50.2 Å². The first-order valence-corrected chi connectivity index (χ1v) is 50.0. The molecule has 12 fully saturated rings. The topological polar surface area (TPSA) is 732 Å². The van der Waals surface area contributed by atoms with Crippen LogP contribution in [-0.4, -0.2) is 456 Å². The van der Waals surface area contributed by atoms with Crippen molar-refractivity contribution >= 4 is 23.8 Å². The van der Waals surface area contributed by atoms with Gasteiger partial charge in [0.1, 0.15) is 164 Å². The average molecular weight is 2080 g/mol. The van der Waals surface area contributed by atoms with Gasteiger partial charge in [0.05, 0.1) is 99.1 Å². The molecule has 145 heavy (non-hydrogen) atoms. The van der Waals surface area contributed by atoms with Crippen molar-refractivity contribution in [3.63, 3.8) is 0 Å². The van der Waals surface area contributed by atoms with E-state index >= 15 is 9.59 Å². The Labute approximate surface area is 839 Å². The maximum Gasteiger partial charge on any atom is 0.336 e. The number of allylic oxidation sites excluding steroid dienone is 4. The molecular formula is C98H155NO46. The molecule has 25 N–H and O–H groups in total. The summed E-state index contributed by atoms with van der Waals surface area (Å²) in [4.78, 5) is 58.6. The highest BCUT2D eigenvalue weighted by Crippen LogP contribution is 2.76. The monoisotopic (exact) mass is 2080 g/mol. The lowest BCUT2D eigenvalue weighted by Gasteiger charge is -2.72. The van der Waals surface area contributed by atoms with Crippen molar-refractivity contribution in [2.24, 2.45) is 50.2 Å². The van der Waals surface area contributed by atoms with Crippen molar-refractivity contribution in [1.29, 1.82) is 0 Å². The number of carbonyl (C=O) groups excluding carboxylic acids is 4. The van der Waals surface area contributed by atoms with E-state index in [2.05, 4.69) is 38.4 Å². The van der Waals surface area contributed by atoms with Gasteiger partial charge < -0.3 is 213 Å². The lowest BCUT2D eigenvalue weighted by Crippen LogP contribution is -2.70. The van der Waals surface area contributed by atoms with Crippen LogP contribution in [0.1, 0.15) is 167 Å². The molecule has 0 aromatic heterocycles. The molecule has 0 unspecified atom stereocenters. The Morgan fingerprint density at radius 2 is 0.986 bits per heavy atom. The van der Waals surface area contributed by atoms with E-state index in [0.29, 0.717) is 37.7 Å². The Hall–Kier alpha value is -4.98. The van der Waals surface area contributed by atoms with Gasteiger partial charge in [0.2, 0.25) is 12.2 Å². The minimum absolute atomic E-state index is 0.0700. The number of fused-ring (bicyclic) bond motifs is 7. The van der Waals surface area contributed by atoms with Gasteiger partial charge in [-0.25, -0.2) is 9.59 Å². The van der Waals surface area contributed by atoms with Crippen LogP contribution in [0.3, 0.4) is 0 Å². The van der Waals surface area contributed by atoms with Gasteiger partial charge in [-0.05, 0) is 145 Å². The maximum atomic E-state index is 16.9. The van der Waals surface area contributed by atoms with Crippen LogP contribution >= 0.6 is 0 Å². The largest absolute Gasteiger partial charge is 0.458 e. The van der Waals surface area contributed by atoms with E-state index in [0.717, 1.165) is 0 Å². The summed E-state index contributed by atoms with van der Waals surface area (Å²) in [5.74, 6) is -5.56. The van der Waals surface area contributed by atoms with Gasteiger partial charge in [0.25, 0.3) is 0 Å². The molecule has 1 amide bonds. The smallest absolute Gasteiger partial charge is 0.336 e. The fraction of sp³-hybridized carbons (Fsp3) is 0.857. The van der Waals surface area contributed by atoms with E-state index in [1.807, 2.05) is 20.8 Å². The van der Waals surface area contributed by atoms with E-state index in [1.165, 1.54) is 58.9 Å². The number of nitrogens with one attached hydrogen (secondary N) is 1. The number of esters is 3. The van der Waals surface area contributed by atoms with Crippen molar-refractivity contribution < 1.29 is 227 Å². The van der Waals surface area contributed by atoms with Crippen LogP contribution in [0.5, 0.6) is 0 Å². The fourth-order valence-corrected chi connectivity index (χ4v) is 24.6. The highest BCUT2D eigenvalue weighted by molar-refractivity contribution is 5.89. The van der Waals surface area contributed by atoms with Crippen molar-refractivity contribution in [2.45, 2.75) is 430 Å². The molecule has 0 radical (unpaired) electrons. The third-order valence-electron chi connectivity index (χ3n) is 34.0. The van der Waals surface area contributed by atoms with E-state index < -0.39 is 378 Å². The first-order valence-electron chi connectivity index (χ1n) is 50.0. The second kappa shape index (κ2) is 46.4. The van der Waals surface area contributed by atoms with Crippen LogP contribution in [0.2, 0.25) is 0 Å². The summed E-state index contributed by atoms with van der Waals surface area (Å²) in [7, 11) is 0. The zero-order chi connectivity index (χ0) is 107. The van der Waals surface area contributed by atoms with Crippen LogP contribution in [-0.2, 0) is 104 Å². The minimum atomic E-state index is -2.30. The molecule has 0 aromatic carbocycles. The molecule has 47 nitrogen and oxygen atoms in total. The molecule has 8 heterocycles. The first-order chi connectivity index (χ1) is 68.0. The lowest BCUT2D eigenvalue weighted by molar-refractivity contribution is -0.390. The van der Waals surface area contributed by atoms with Crippen LogP contribution in [0.15, 0.2) is 60.3 Å². The SMILES string of the molecule is C=C[C@@](C)(O)CC/C=C(\CO)C(=O)O[C@@H]1[C@@H](O)[C@H](O[C@](C)(C=C)CC/C=C(\CO)C(=O)O[C@H]2C[C@]3(C(=O)O[C@@H]4O[C@H](CO)[C@@H](O)[C@H](O)[C@H]4O[C@@H]4O[C@@H](C)[C@H](O[C@@H]5O[C@@H](CO)[C@H](O)[C@H]5O)[C@@H](O[C@@H]5O[C@H](CO)[C@@H](O)[C@H](O)[C@H]5O)[C@H]4O)[C@H](O)C[C@]4(C)C(=CC[C@@H]5[C@@]6(C)CC[C@H](O[C@@H]7O[C@H](CO[C@@H]8O[C@H](C)[C@H](O)[C@H](O)[C@H]8O[C@@H]8OC[C@@H](O)[C@H](O)[C@H]8O)[C@@H](O)[C@H](O)[C@H]7NC(C)=O)C(C)(C)[C@@H]6CC[C@]54C)[C@H]3CC2(C)C)O[C@H](C)[C@H]1O. The number of rotatable bonds is 35. The Morgan fingerprint density at radius 3 is 1.59 bits per heavy atom. The molecule has 8 saturated heterocycles. The summed E-state index contributed by atoms with van der Waals surface area (Å²) in [6, 6.07) is -1.38. The zero-order valence-corrected chi connectivity index (χ0v) is 83.9. The molecular weight excluding hydrogens is 1930 g/mol. The molecule has 13 rings (SSSR count). The van der Waals surface area contributed by atoms with Gasteiger partial charge >= 0.3 is 17.9 Å². The number of amides is 1. The maximum absolute atomic E-state index is 16.9. The van der Waals surface area contributed by atoms with Crippen molar-refractivity contribution in [3.05, 3.63) is 60.3 Å². The molecule has 0 bridgehead atoms. The fourth-order valence-electron chi connectivity index (χ4n) is 24.6. The molecule has 47 heteroatoms. The van der Waals surface area contributed by atoms with Crippen molar-refractivity contribution in [1.82, 2.24) is 5.32 Å². The van der Waals surface area contributed by atoms with E-state index in [1.54, 1.807) is 20.8 Å². The number of carbonyl (C=O) groups is 4. The van der Waals surface area contributed by atoms with E-state index in [4.69, 9.17) is 85.3 Å². The number of aliphatic hydroxyl groups is 24. The van der Waals surface area contributed by atoms with Gasteiger partial charge in [-0.15, -0.1) is 13.2 Å². The molecule has 13 aliphatic rings. The molecule has 828 valence electrons. The van der Waals surface area contributed by atoms with Gasteiger partial charge in [-0.3, -0.25) is 9.59 Å². The molecule has 8 aliphatic heterocycles. The summed E-state index contributed by atoms with van der Waals surface area (Å²) in [5, 5.41) is 272. The molecule has 5 aliphatic carbocycles. The van der Waals surface area contributed by atoms with E-state index in [9.17, 15) is 132 Å². The molecule has 50 atom stereocenters. The van der Waals surface area contributed by atoms with Crippen molar-refractivity contribution in [2.75, 3.05) is 46.2 Å². The zero-order valence-electron chi connectivity index (χ0n) is 83.9. The summed E-state index contributed by atoms with van der Waals surface area (Å²) < 4.78 is 110. The van der Waals surface area contributed by atoms with Crippen LogP contribution in [0.4, 0.5) is 0 Å². The summed E-state index contributed by atoms with van der Waals surface area (Å²) >= 11 is 0. The Balaban J connectivity index is 0.794. The van der Waals surface area contributed by atoms with Crippen molar-refractivity contribution in [3.8, 4) is 0 Å². The minimum Gasteiger partial charge on any atom is -0.458 e. The molecule has 0 spiro atoms. The second-order valence-corrected chi connectivity index (χ2v) is 44.1. The lowest BCUT2D eigenvalue weighted by atomic mass is 9.33. The number of ether oxygens (including phenoxy) is 18. The predicted molar refractivity (Wildman–Crippen MR) is 490 cm³/mol. The Bertz CT molecular complexity index is 4490. The Kier molecular flexibility index (Phi) is 37.4. The van der Waals surface area contributed by atoms with Gasteiger partial charge in [0.15, 0.2) is 56.2 Å². The molecule has 4 saturated carbocycles. The van der Waals surface area contributed by atoms with Crippen LogP contribution in [0.25, 0.3) is 0 Å².